The first-order valence-corrected chi connectivity index (χ1v) is 10.6. The van der Waals surface area contributed by atoms with Crippen molar-refractivity contribution in [2.45, 2.75) is 44.9 Å². The van der Waals surface area contributed by atoms with E-state index in [-0.39, 0.29) is 22.1 Å². The highest BCUT2D eigenvalue weighted by Gasteiger charge is 2.47. The molecule has 0 N–H and O–H groups in total. The molecule has 0 bridgehead atoms. The lowest BCUT2D eigenvalue weighted by Gasteiger charge is -2.44. The standard InChI is InChI=1S/C21H30N2O3S/c1-20(2,3)15-18(24)22-11-9-21(10-12-22)23(13-14-27-21)19(25)16-5-7-17(26-4)8-6-16/h5-8H,9-15H2,1-4H3. The van der Waals surface area contributed by atoms with Crippen molar-refractivity contribution >= 4 is 23.6 Å². The molecule has 0 saturated carbocycles. The molecular weight excluding hydrogens is 360 g/mol. The van der Waals surface area contributed by atoms with Gasteiger partial charge in [0.05, 0.1) is 12.0 Å². The van der Waals surface area contributed by atoms with Crippen molar-refractivity contribution in [3.63, 3.8) is 0 Å². The first-order valence-electron chi connectivity index (χ1n) is 9.62. The maximum Gasteiger partial charge on any atom is 0.255 e. The third kappa shape index (κ3) is 4.42. The number of carbonyl (C=O) groups is 2. The number of piperidine rings is 1. The summed E-state index contributed by atoms with van der Waals surface area (Å²) in [7, 11) is 1.62. The molecule has 1 aromatic rings. The fraction of sp³-hybridized carbons (Fsp3) is 0.619. The van der Waals surface area contributed by atoms with E-state index in [0.29, 0.717) is 12.0 Å². The SMILES string of the molecule is COc1ccc(C(=O)N2CCSC23CCN(C(=O)CC(C)(C)C)CC3)cc1. The predicted octanol–water partition coefficient (Wildman–Crippen LogP) is 3.64. The molecule has 6 heteroatoms. The van der Waals surface area contributed by atoms with Crippen molar-refractivity contribution in [2.24, 2.45) is 5.41 Å². The number of benzene rings is 1. The van der Waals surface area contributed by atoms with E-state index in [2.05, 4.69) is 20.8 Å². The van der Waals surface area contributed by atoms with E-state index >= 15 is 0 Å². The first kappa shape index (κ1) is 20.1. The van der Waals surface area contributed by atoms with Crippen LogP contribution in [-0.2, 0) is 4.79 Å². The molecule has 2 saturated heterocycles. The molecule has 1 spiro atoms. The summed E-state index contributed by atoms with van der Waals surface area (Å²) in [5.74, 6) is 2.02. The number of carbonyl (C=O) groups excluding carboxylic acids is 2. The molecule has 148 valence electrons. The van der Waals surface area contributed by atoms with Gasteiger partial charge in [-0.1, -0.05) is 20.8 Å². The number of amides is 2. The van der Waals surface area contributed by atoms with E-state index in [9.17, 15) is 9.59 Å². The quantitative estimate of drug-likeness (QED) is 0.791. The molecule has 1 aromatic carbocycles. The average molecular weight is 391 g/mol. The number of likely N-dealkylation sites (tertiary alicyclic amines) is 1. The monoisotopic (exact) mass is 390 g/mol. The number of hydrogen-bond donors (Lipinski definition) is 0. The number of hydrogen-bond acceptors (Lipinski definition) is 4. The largest absolute Gasteiger partial charge is 0.497 e. The predicted molar refractivity (Wildman–Crippen MR) is 109 cm³/mol. The van der Waals surface area contributed by atoms with Gasteiger partial charge in [-0.3, -0.25) is 9.59 Å². The number of nitrogens with zero attached hydrogens (tertiary/aromatic N) is 2. The first-order chi connectivity index (χ1) is 12.7. The molecule has 2 fully saturated rings. The fourth-order valence-electron chi connectivity index (χ4n) is 3.87. The highest BCUT2D eigenvalue weighted by Crippen LogP contribution is 2.44. The van der Waals surface area contributed by atoms with Crippen LogP contribution in [0.25, 0.3) is 0 Å². The van der Waals surface area contributed by atoms with Gasteiger partial charge in [0.1, 0.15) is 5.75 Å². The Kier molecular flexibility index (Phi) is 5.75. The highest BCUT2D eigenvalue weighted by molar-refractivity contribution is 8.00. The maximum atomic E-state index is 13.1. The average Bonchev–Trinajstić information content (AvgIpc) is 3.03. The molecule has 2 heterocycles. The van der Waals surface area contributed by atoms with Gasteiger partial charge in [0.15, 0.2) is 0 Å². The molecule has 0 radical (unpaired) electrons. The Balaban J connectivity index is 1.67. The Labute approximate surface area is 166 Å². The molecule has 0 aliphatic carbocycles. The van der Waals surface area contributed by atoms with Crippen LogP contribution in [0.2, 0.25) is 0 Å². The van der Waals surface area contributed by atoms with E-state index in [1.807, 2.05) is 45.8 Å². The van der Waals surface area contributed by atoms with Crippen molar-refractivity contribution in [3.8, 4) is 5.75 Å². The molecule has 2 aliphatic rings. The summed E-state index contributed by atoms with van der Waals surface area (Å²) in [6, 6.07) is 7.33. The van der Waals surface area contributed by atoms with Crippen molar-refractivity contribution < 1.29 is 14.3 Å². The van der Waals surface area contributed by atoms with Crippen LogP contribution in [0, 0.1) is 5.41 Å². The van der Waals surface area contributed by atoms with Crippen molar-refractivity contribution in [1.29, 1.82) is 0 Å². The summed E-state index contributed by atoms with van der Waals surface area (Å²) >= 11 is 1.87. The Morgan fingerprint density at radius 2 is 1.74 bits per heavy atom. The fourth-order valence-corrected chi connectivity index (χ4v) is 5.32. The molecule has 0 aromatic heterocycles. The Morgan fingerprint density at radius 3 is 2.30 bits per heavy atom. The normalized spacial score (nSPS) is 19.4. The maximum absolute atomic E-state index is 13.1. The van der Waals surface area contributed by atoms with E-state index in [1.165, 1.54) is 0 Å². The van der Waals surface area contributed by atoms with Crippen molar-refractivity contribution in [1.82, 2.24) is 9.80 Å². The molecule has 2 amide bonds. The zero-order valence-corrected chi connectivity index (χ0v) is 17.6. The van der Waals surface area contributed by atoms with Crippen LogP contribution in [0.4, 0.5) is 0 Å². The van der Waals surface area contributed by atoms with Crippen LogP contribution in [0.3, 0.4) is 0 Å². The van der Waals surface area contributed by atoms with Crippen LogP contribution in [0.1, 0.15) is 50.4 Å². The van der Waals surface area contributed by atoms with Crippen LogP contribution in [0.5, 0.6) is 5.75 Å². The molecule has 3 rings (SSSR count). The second-order valence-electron chi connectivity index (χ2n) is 8.60. The molecule has 0 unspecified atom stereocenters. The second-order valence-corrected chi connectivity index (χ2v) is 10.1. The molecule has 0 atom stereocenters. The highest BCUT2D eigenvalue weighted by atomic mass is 32.2. The summed E-state index contributed by atoms with van der Waals surface area (Å²) < 4.78 is 5.19. The molecular formula is C21H30N2O3S. The van der Waals surface area contributed by atoms with E-state index < -0.39 is 0 Å². The van der Waals surface area contributed by atoms with E-state index in [1.54, 1.807) is 7.11 Å². The van der Waals surface area contributed by atoms with Gasteiger partial charge in [-0.05, 0) is 42.5 Å². The summed E-state index contributed by atoms with van der Waals surface area (Å²) in [6.07, 6.45) is 2.26. The minimum atomic E-state index is -0.171. The van der Waals surface area contributed by atoms with Crippen molar-refractivity contribution in [3.05, 3.63) is 29.8 Å². The van der Waals surface area contributed by atoms with Gasteiger partial charge >= 0.3 is 0 Å². The van der Waals surface area contributed by atoms with Gasteiger partial charge in [-0.15, -0.1) is 11.8 Å². The lowest BCUT2D eigenvalue weighted by Crippen LogP contribution is -2.53. The van der Waals surface area contributed by atoms with E-state index in [4.69, 9.17) is 4.74 Å². The van der Waals surface area contributed by atoms with Crippen LogP contribution in [0.15, 0.2) is 24.3 Å². The van der Waals surface area contributed by atoms with Gasteiger partial charge in [-0.2, -0.15) is 0 Å². The van der Waals surface area contributed by atoms with Crippen LogP contribution in [-0.4, -0.2) is 59.0 Å². The number of methoxy groups -OCH3 is 1. The minimum absolute atomic E-state index is 0.00466. The summed E-state index contributed by atoms with van der Waals surface area (Å²) in [5, 5.41) is 0. The van der Waals surface area contributed by atoms with E-state index in [0.717, 1.165) is 44.0 Å². The number of rotatable bonds is 3. The zero-order chi connectivity index (χ0) is 19.7. The molecule has 27 heavy (non-hydrogen) atoms. The van der Waals surface area contributed by atoms with Gasteiger partial charge in [0.25, 0.3) is 5.91 Å². The molecule has 2 aliphatic heterocycles. The Hall–Kier alpha value is -1.69. The third-order valence-corrected chi connectivity index (χ3v) is 6.89. The number of ether oxygens (including phenoxy) is 1. The Bertz CT molecular complexity index is 688. The zero-order valence-electron chi connectivity index (χ0n) is 16.8. The van der Waals surface area contributed by atoms with Crippen LogP contribution >= 0.6 is 11.8 Å². The van der Waals surface area contributed by atoms with Crippen molar-refractivity contribution in [2.75, 3.05) is 32.5 Å². The lowest BCUT2D eigenvalue weighted by atomic mass is 9.91. The number of thioether (sulfide) groups is 1. The van der Waals surface area contributed by atoms with Gasteiger partial charge in [-0.25, -0.2) is 0 Å². The topological polar surface area (TPSA) is 49.9 Å². The van der Waals surface area contributed by atoms with Gasteiger partial charge < -0.3 is 14.5 Å². The lowest BCUT2D eigenvalue weighted by molar-refractivity contribution is -0.134. The van der Waals surface area contributed by atoms with Crippen LogP contribution < -0.4 is 4.74 Å². The smallest absolute Gasteiger partial charge is 0.255 e. The summed E-state index contributed by atoms with van der Waals surface area (Å²) in [4.78, 5) is 29.5. The minimum Gasteiger partial charge on any atom is -0.497 e. The van der Waals surface area contributed by atoms with Gasteiger partial charge in [0.2, 0.25) is 5.91 Å². The third-order valence-electron chi connectivity index (χ3n) is 5.34. The second kappa shape index (κ2) is 7.74. The van der Waals surface area contributed by atoms with Gasteiger partial charge in [0, 0.05) is 37.4 Å². The Morgan fingerprint density at radius 1 is 1.11 bits per heavy atom. The molecule has 5 nitrogen and oxygen atoms in total. The summed E-state index contributed by atoms with van der Waals surface area (Å²) in [6.45, 7) is 8.52. The summed E-state index contributed by atoms with van der Waals surface area (Å²) in [5.41, 5.74) is 0.703.